The van der Waals surface area contributed by atoms with Crippen LogP contribution in [0, 0.1) is 0 Å². The molecule has 1 heterocycles. The third-order valence-electron chi connectivity index (χ3n) is 13.6. The van der Waals surface area contributed by atoms with Gasteiger partial charge in [0.05, 0.1) is 17.1 Å². The average Bonchev–Trinajstić information content (AvgIpc) is 3.75. The summed E-state index contributed by atoms with van der Waals surface area (Å²) in [6.45, 7) is 4.73. The molecule has 11 rings (SSSR count). The summed E-state index contributed by atoms with van der Waals surface area (Å²) in [6.07, 6.45) is 15.4. The van der Waals surface area contributed by atoms with Crippen LogP contribution in [0.3, 0.4) is 0 Å². The number of para-hydroxylation sites is 2. The molecule has 0 fully saturated rings. The maximum Gasteiger partial charge on any atom is 0.144 e. The van der Waals surface area contributed by atoms with Gasteiger partial charge in [0.2, 0.25) is 0 Å². The zero-order valence-electron chi connectivity index (χ0n) is 33.0. The van der Waals surface area contributed by atoms with Gasteiger partial charge in [0.1, 0.15) is 11.9 Å². The number of ether oxygens (including phenoxy) is 1. The Kier molecular flexibility index (Phi) is 8.05. The van der Waals surface area contributed by atoms with Crippen LogP contribution in [0.2, 0.25) is 0 Å². The van der Waals surface area contributed by atoms with Crippen LogP contribution >= 0.6 is 0 Å². The van der Waals surface area contributed by atoms with Crippen molar-refractivity contribution in [3.05, 3.63) is 233 Å². The Morgan fingerprint density at radius 1 is 0.552 bits per heavy atom. The lowest BCUT2D eigenvalue weighted by Crippen LogP contribution is -2.46. The number of rotatable bonds is 7. The molecule has 2 heteroatoms. The number of allylic oxidation sites excluding steroid dienone is 2. The summed E-state index contributed by atoms with van der Waals surface area (Å²) in [6, 6.07) is 60.9. The number of benzene rings is 7. The molecule has 2 atom stereocenters. The van der Waals surface area contributed by atoms with Crippen LogP contribution in [0.25, 0.3) is 34.4 Å². The summed E-state index contributed by atoms with van der Waals surface area (Å²) in [5, 5.41) is 0. The first kappa shape index (κ1) is 34.6. The first-order valence-electron chi connectivity index (χ1n) is 20.9. The minimum absolute atomic E-state index is 0.0331. The highest BCUT2D eigenvalue weighted by Crippen LogP contribution is 2.58. The van der Waals surface area contributed by atoms with Crippen LogP contribution in [0.4, 0.5) is 11.4 Å². The van der Waals surface area contributed by atoms with Crippen molar-refractivity contribution in [2.24, 2.45) is 0 Å². The normalized spacial score (nSPS) is 18.5. The van der Waals surface area contributed by atoms with E-state index in [2.05, 4.69) is 219 Å². The molecule has 3 aliphatic carbocycles. The minimum atomic E-state index is -0.410. The second kappa shape index (κ2) is 13.5. The fourth-order valence-corrected chi connectivity index (χ4v) is 10.9. The second-order valence-electron chi connectivity index (χ2n) is 16.1. The van der Waals surface area contributed by atoms with Crippen molar-refractivity contribution in [3.8, 4) is 28.0 Å². The molecule has 0 saturated heterocycles. The van der Waals surface area contributed by atoms with Gasteiger partial charge < -0.3 is 9.64 Å². The van der Waals surface area contributed by atoms with E-state index in [0.29, 0.717) is 0 Å². The van der Waals surface area contributed by atoms with Crippen LogP contribution in [-0.4, -0.2) is 12.1 Å². The van der Waals surface area contributed by atoms with Crippen molar-refractivity contribution in [3.63, 3.8) is 0 Å². The third-order valence-corrected chi connectivity index (χ3v) is 13.6. The summed E-state index contributed by atoms with van der Waals surface area (Å²) < 4.78 is 6.49. The Morgan fingerprint density at radius 3 is 1.98 bits per heavy atom. The van der Waals surface area contributed by atoms with Gasteiger partial charge >= 0.3 is 0 Å². The predicted molar refractivity (Wildman–Crippen MR) is 241 cm³/mol. The van der Waals surface area contributed by atoms with E-state index >= 15 is 0 Å². The van der Waals surface area contributed by atoms with Crippen molar-refractivity contribution in [2.75, 3.05) is 4.90 Å². The highest BCUT2D eigenvalue weighted by Gasteiger charge is 2.47. The minimum Gasteiger partial charge on any atom is -0.482 e. The van der Waals surface area contributed by atoms with E-state index in [1.165, 1.54) is 72.4 Å². The lowest BCUT2D eigenvalue weighted by atomic mass is 9.67. The molecule has 0 radical (unpaired) electrons. The molecule has 0 amide bonds. The quantitative estimate of drug-likeness (QED) is 0.151. The largest absolute Gasteiger partial charge is 0.482 e. The van der Waals surface area contributed by atoms with Crippen LogP contribution in [0.15, 0.2) is 188 Å². The summed E-state index contributed by atoms with van der Waals surface area (Å²) in [4.78, 5) is 2.48. The Bertz CT molecular complexity index is 2770. The molecule has 0 saturated carbocycles. The summed E-state index contributed by atoms with van der Waals surface area (Å²) in [5.74, 6) is 0.930. The topological polar surface area (TPSA) is 12.5 Å². The van der Waals surface area contributed by atoms with Gasteiger partial charge in [0.25, 0.3) is 0 Å². The number of anilines is 2. The first-order chi connectivity index (χ1) is 28.7. The third kappa shape index (κ3) is 4.91. The molecule has 0 bridgehead atoms. The van der Waals surface area contributed by atoms with E-state index in [4.69, 9.17) is 4.74 Å². The van der Waals surface area contributed by atoms with Crippen LogP contribution in [-0.2, 0) is 10.8 Å². The smallest absolute Gasteiger partial charge is 0.144 e. The van der Waals surface area contributed by atoms with Gasteiger partial charge in [-0.25, -0.2) is 0 Å². The van der Waals surface area contributed by atoms with Crippen LogP contribution < -0.4 is 9.64 Å². The molecule has 0 spiro atoms. The van der Waals surface area contributed by atoms with E-state index in [0.717, 1.165) is 24.3 Å². The van der Waals surface area contributed by atoms with Gasteiger partial charge in [-0.05, 0) is 110 Å². The van der Waals surface area contributed by atoms with E-state index in [1.54, 1.807) is 0 Å². The maximum atomic E-state index is 6.49. The molecular formula is C56H45NO. The first-order valence-corrected chi connectivity index (χ1v) is 20.9. The monoisotopic (exact) mass is 747 g/mol. The predicted octanol–water partition coefficient (Wildman–Crippen LogP) is 13.7. The number of hydrogen-bond acceptors (Lipinski definition) is 2. The molecule has 4 aliphatic rings. The van der Waals surface area contributed by atoms with Crippen molar-refractivity contribution in [2.45, 2.75) is 49.7 Å². The molecular weight excluding hydrogens is 703 g/mol. The Morgan fingerprint density at radius 2 is 1.21 bits per heavy atom. The molecule has 1 aliphatic heterocycles. The molecule has 7 aromatic carbocycles. The standard InChI is InChI=1S/C56H45NO/c1-3-55(4-2)48-36-38(31-34-43(48)44-35-33-42(37-49(44)55)57-50-26-13-15-28-52(50)58-53-29-16-14-27-51(53)57)30-32-39-18-17-25-47-54(39)45-23-11-12-24-46(45)56(47,40-19-7-5-8-20-40)41-21-9-6-10-22-41/h5-37,50,52H,3-4H2,1-2H3/b32-30+. The Hall–Kier alpha value is -6.64. The second-order valence-corrected chi connectivity index (χ2v) is 16.1. The van der Waals surface area contributed by atoms with Crippen molar-refractivity contribution in [1.29, 1.82) is 0 Å². The summed E-state index contributed by atoms with van der Waals surface area (Å²) in [5.41, 5.74) is 17.7. The lowest BCUT2D eigenvalue weighted by molar-refractivity contribution is 0.218. The van der Waals surface area contributed by atoms with Gasteiger partial charge in [-0.1, -0.05) is 184 Å². The SMILES string of the molecule is CCC1(CC)c2cc(/C=C/c3cccc4c3-c3ccccc3C4(c3ccccc3)c3ccccc3)ccc2-c2ccc(N3c4ccccc4OC4C=CC=CC43)cc21. The zero-order chi connectivity index (χ0) is 38.8. The zero-order valence-corrected chi connectivity index (χ0v) is 33.0. The fourth-order valence-electron chi connectivity index (χ4n) is 10.9. The number of nitrogens with zero attached hydrogens (tertiary/aromatic N) is 1. The number of fused-ring (bicyclic) bond motifs is 8. The van der Waals surface area contributed by atoms with Crippen LogP contribution in [0.1, 0.15) is 71.2 Å². The van der Waals surface area contributed by atoms with Gasteiger partial charge in [-0.15, -0.1) is 0 Å². The molecule has 58 heavy (non-hydrogen) atoms. The molecule has 0 aromatic heterocycles. The van der Waals surface area contributed by atoms with E-state index in [-0.39, 0.29) is 17.6 Å². The van der Waals surface area contributed by atoms with E-state index in [9.17, 15) is 0 Å². The van der Waals surface area contributed by atoms with Crippen molar-refractivity contribution >= 4 is 23.5 Å². The van der Waals surface area contributed by atoms with E-state index < -0.39 is 5.41 Å². The molecule has 7 aromatic rings. The highest BCUT2D eigenvalue weighted by molar-refractivity contribution is 5.93. The summed E-state index contributed by atoms with van der Waals surface area (Å²) >= 11 is 0. The lowest BCUT2D eigenvalue weighted by Gasteiger charge is -2.42. The number of hydrogen-bond donors (Lipinski definition) is 0. The molecule has 2 unspecified atom stereocenters. The van der Waals surface area contributed by atoms with Gasteiger partial charge in [0, 0.05) is 11.1 Å². The van der Waals surface area contributed by atoms with Crippen molar-refractivity contribution < 1.29 is 4.74 Å². The highest BCUT2D eigenvalue weighted by atomic mass is 16.5. The van der Waals surface area contributed by atoms with Crippen molar-refractivity contribution in [1.82, 2.24) is 0 Å². The molecule has 2 nitrogen and oxygen atoms in total. The Labute approximate surface area is 342 Å². The van der Waals surface area contributed by atoms with Gasteiger partial charge in [-0.3, -0.25) is 0 Å². The molecule has 280 valence electrons. The van der Waals surface area contributed by atoms with Crippen LogP contribution in [0.5, 0.6) is 5.75 Å². The average molecular weight is 748 g/mol. The van der Waals surface area contributed by atoms with Gasteiger partial charge in [-0.2, -0.15) is 0 Å². The fraction of sp³-hybridized carbons (Fsp3) is 0.143. The maximum absolute atomic E-state index is 6.49. The molecule has 0 N–H and O–H groups in total. The Balaban J connectivity index is 1.01. The summed E-state index contributed by atoms with van der Waals surface area (Å²) in [7, 11) is 0. The van der Waals surface area contributed by atoms with E-state index in [1.807, 2.05) is 0 Å². The van der Waals surface area contributed by atoms with Gasteiger partial charge in [0.15, 0.2) is 0 Å².